The topological polar surface area (TPSA) is 64.0 Å². The second-order valence-electron chi connectivity index (χ2n) is 8.33. The fourth-order valence-electron chi connectivity index (χ4n) is 3.97. The number of benzene rings is 1. The third-order valence-corrected chi connectivity index (χ3v) is 7.49. The zero-order chi connectivity index (χ0) is 22.2. The normalized spacial score (nSPS) is 14.5. The van der Waals surface area contributed by atoms with Gasteiger partial charge in [-0.2, -0.15) is 0 Å². The number of aryl methyl sites for hydroxylation is 1. The molecule has 31 heavy (non-hydrogen) atoms. The summed E-state index contributed by atoms with van der Waals surface area (Å²) in [6.07, 6.45) is 8.96. The van der Waals surface area contributed by atoms with Gasteiger partial charge in [0.05, 0.1) is 0 Å². The number of unbranched alkanes of at least 4 members (excludes halogenated alkanes) is 1. The Morgan fingerprint density at radius 1 is 1.19 bits per heavy atom. The third kappa shape index (κ3) is 7.21. The fraction of sp³-hybridized carbons (Fsp3) is 0.542. The van der Waals surface area contributed by atoms with Crippen molar-refractivity contribution in [2.75, 3.05) is 5.75 Å². The maximum Gasteiger partial charge on any atom is 0.257 e. The van der Waals surface area contributed by atoms with E-state index in [1.54, 1.807) is 23.4 Å². The molecule has 0 aliphatic heterocycles. The lowest BCUT2D eigenvalue weighted by molar-refractivity contribution is -0.122. The van der Waals surface area contributed by atoms with Crippen LogP contribution in [0, 0.1) is 6.92 Å². The molecule has 0 bridgehead atoms. The van der Waals surface area contributed by atoms with Gasteiger partial charge in [-0.05, 0) is 50.3 Å². The van der Waals surface area contributed by atoms with E-state index < -0.39 is 0 Å². The molecule has 0 radical (unpaired) electrons. The smallest absolute Gasteiger partial charge is 0.257 e. The number of halogens is 1. The van der Waals surface area contributed by atoms with Gasteiger partial charge < -0.3 is 5.32 Å². The average molecular weight is 507 g/mol. The molecule has 0 spiro atoms. The Morgan fingerprint density at radius 3 is 2.61 bits per heavy atom. The number of hydrogen-bond donors (Lipinski definition) is 1. The van der Waals surface area contributed by atoms with Crippen molar-refractivity contribution in [2.45, 2.75) is 75.9 Å². The molecule has 2 aromatic rings. The third-order valence-electron chi connectivity index (χ3n) is 5.84. The fourth-order valence-corrected chi connectivity index (χ4v) is 5.24. The second kappa shape index (κ2) is 11.9. The van der Waals surface area contributed by atoms with Crippen LogP contribution in [0.2, 0.25) is 0 Å². The van der Waals surface area contributed by atoms with Gasteiger partial charge in [0, 0.05) is 47.4 Å². The summed E-state index contributed by atoms with van der Waals surface area (Å²) >= 11 is 5.04. The first kappa shape index (κ1) is 24.1. The van der Waals surface area contributed by atoms with Gasteiger partial charge in [-0.3, -0.25) is 14.2 Å². The van der Waals surface area contributed by atoms with Crippen LogP contribution in [0.4, 0.5) is 0 Å². The van der Waals surface area contributed by atoms with E-state index >= 15 is 0 Å². The van der Waals surface area contributed by atoms with Crippen molar-refractivity contribution in [1.82, 2.24) is 14.9 Å². The molecule has 1 aromatic carbocycles. The summed E-state index contributed by atoms with van der Waals surface area (Å²) in [6, 6.07) is 8.41. The summed E-state index contributed by atoms with van der Waals surface area (Å²) < 4.78 is 2.68. The van der Waals surface area contributed by atoms with Crippen LogP contribution in [0.1, 0.15) is 68.2 Å². The molecular weight excluding hydrogens is 474 g/mol. The first-order valence-corrected chi connectivity index (χ1v) is 12.9. The van der Waals surface area contributed by atoms with E-state index in [-0.39, 0.29) is 11.5 Å². The van der Waals surface area contributed by atoms with Crippen molar-refractivity contribution in [1.29, 1.82) is 0 Å². The quantitative estimate of drug-likeness (QED) is 0.290. The molecule has 0 atom stereocenters. The Hall–Kier alpha value is -1.60. The minimum Gasteiger partial charge on any atom is -0.353 e. The predicted octanol–water partition coefficient (Wildman–Crippen LogP) is 5.15. The molecule has 7 heteroatoms. The van der Waals surface area contributed by atoms with E-state index in [0.29, 0.717) is 18.9 Å². The van der Waals surface area contributed by atoms with Gasteiger partial charge in [0.2, 0.25) is 5.91 Å². The Morgan fingerprint density at radius 2 is 1.90 bits per heavy atom. The van der Waals surface area contributed by atoms with Crippen molar-refractivity contribution in [2.24, 2.45) is 7.05 Å². The van der Waals surface area contributed by atoms with Crippen molar-refractivity contribution in [3.63, 3.8) is 0 Å². The molecule has 168 valence electrons. The maximum absolute atomic E-state index is 12.9. The molecule has 3 rings (SSSR count). The first-order valence-electron chi connectivity index (χ1n) is 11.2. The van der Waals surface area contributed by atoms with E-state index in [1.165, 1.54) is 19.3 Å². The van der Waals surface area contributed by atoms with Crippen LogP contribution in [-0.2, 0) is 18.3 Å². The summed E-state index contributed by atoms with van der Waals surface area (Å²) in [5, 5.41) is 3.92. The lowest BCUT2D eigenvalue weighted by atomic mass is 9.95. The van der Waals surface area contributed by atoms with Gasteiger partial charge in [-0.1, -0.05) is 59.1 Å². The summed E-state index contributed by atoms with van der Waals surface area (Å²) in [6.45, 7) is 1.91. The Kier molecular flexibility index (Phi) is 9.20. The van der Waals surface area contributed by atoms with Crippen molar-refractivity contribution in [3.8, 4) is 0 Å². The number of thioether (sulfide) groups is 1. The SMILES string of the molecule is Cc1nc(SCCCCC(=O)NC2CCCCC2)n(C)c(=O)c1Cc1ccc(Br)cc1. The van der Waals surface area contributed by atoms with E-state index in [4.69, 9.17) is 4.98 Å². The Bertz CT molecular complexity index is 937. The minimum absolute atomic E-state index is 0.0183. The zero-order valence-electron chi connectivity index (χ0n) is 18.5. The monoisotopic (exact) mass is 505 g/mol. The standard InChI is InChI=1S/C24H32BrN3O2S/c1-17-21(16-18-11-13-19(25)14-12-18)23(30)28(2)24(26-17)31-15-7-6-10-22(29)27-20-8-4-3-5-9-20/h11-14,20H,3-10,15-16H2,1-2H3,(H,27,29). The van der Waals surface area contributed by atoms with Gasteiger partial charge >= 0.3 is 0 Å². The number of rotatable bonds is 9. The molecule has 5 nitrogen and oxygen atoms in total. The van der Waals surface area contributed by atoms with Crippen LogP contribution < -0.4 is 10.9 Å². The molecule has 1 heterocycles. The maximum atomic E-state index is 12.9. The zero-order valence-corrected chi connectivity index (χ0v) is 20.9. The van der Waals surface area contributed by atoms with Crippen LogP contribution in [0.25, 0.3) is 0 Å². The lowest BCUT2D eigenvalue weighted by Gasteiger charge is -2.22. The number of carbonyl (C=O) groups is 1. The van der Waals surface area contributed by atoms with Gasteiger partial charge in [0.25, 0.3) is 5.56 Å². The molecule has 1 aromatic heterocycles. The predicted molar refractivity (Wildman–Crippen MR) is 131 cm³/mol. The molecule has 0 unspecified atom stereocenters. The first-order chi connectivity index (χ1) is 14.9. The van der Waals surface area contributed by atoms with Crippen LogP contribution in [0.15, 0.2) is 38.7 Å². The summed E-state index contributed by atoms with van der Waals surface area (Å²) in [7, 11) is 1.79. The van der Waals surface area contributed by atoms with E-state index in [1.807, 2.05) is 31.2 Å². The van der Waals surface area contributed by atoms with Gasteiger partial charge in [0.1, 0.15) is 0 Å². The summed E-state index contributed by atoms with van der Waals surface area (Å²) in [4.78, 5) is 29.7. The number of carbonyl (C=O) groups excluding carboxylic acids is 1. The van der Waals surface area contributed by atoms with Gasteiger partial charge in [0.15, 0.2) is 5.16 Å². The van der Waals surface area contributed by atoms with E-state index in [0.717, 1.165) is 57.9 Å². The van der Waals surface area contributed by atoms with Crippen LogP contribution >= 0.6 is 27.7 Å². The summed E-state index contributed by atoms with van der Waals surface area (Å²) in [5.74, 6) is 1.03. The van der Waals surface area contributed by atoms with Crippen molar-refractivity contribution >= 4 is 33.6 Å². The molecule has 1 aliphatic carbocycles. The highest BCUT2D eigenvalue weighted by Crippen LogP contribution is 2.20. The molecule has 1 aliphatic rings. The second-order valence-corrected chi connectivity index (χ2v) is 10.3. The van der Waals surface area contributed by atoms with Crippen molar-refractivity contribution < 1.29 is 4.79 Å². The highest BCUT2D eigenvalue weighted by Gasteiger charge is 2.16. The van der Waals surface area contributed by atoms with E-state index in [2.05, 4.69) is 21.2 Å². The molecule has 1 amide bonds. The lowest BCUT2D eigenvalue weighted by Crippen LogP contribution is -2.35. The minimum atomic E-state index is 0.0183. The van der Waals surface area contributed by atoms with Gasteiger partial charge in [-0.15, -0.1) is 0 Å². The number of aromatic nitrogens is 2. The largest absolute Gasteiger partial charge is 0.353 e. The van der Waals surface area contributed by atoms with Crippen LogP contribution in [0.3, 0.4) is 0 Å². The molecule has 0 saturated heterocycles. The highest BCUT2D eigenvalue weighted by atomic mass is 79.9. The van der Waals surface area contributed by atoms with E-state index in [9.17, 15) is 9.59 Å². The average Bonchev–Trinajstić information content (AvgIpc) is 2.76. The summed E-state index contributed by atoms with van der Waals surface area (Å²) in [5.41, 5.74) is 2.65. The van der Waals surface area contributed by atoms with Crippen LogP contribution in [-0.4, -0.2) is 27.3 Å². The number of amides is 1. The highest BCUT2D eigenvalue weighted by molar-refractivity contribution is 9.10. The molecule has 1 N–H and O–H groups in total. The number of hydrogen-bond acceptors (Lipinski definition) is 4. The Balaban J connectivity index is 1.47. The molecular formula is C24H32BrN3O2S. The number of nitrogens with zero attached hydrogens (tertiary/aromatic N) is 2. The van der Waals surface area contributed by atoms with Crippen LogP contribution in [0.5, 0.6) is 0 Å². The molecule has 1 saturated carbocycles. The number of nitrogens with one attached hydrogen (secondary N) is 1. The van der Waals surface area contributed by atoms with Crippen molar-refractivity contribution in [3.05, 3.63) is 55.9 Å². The Labute approximate surface area is 197 Å². The molecule has 1 fully saturated rings. The van der Waals surface area contributed by atoms with Gasteiger partial charge in [-0.25, -0.2) is 4.98 Å².